The molecule has 0 radical (unpaired) electrons. The van der Waals surface area contributed by atoms with Gasteiger partial charge in [-0.05, 0) is 18.2 Å². The van der Waals surface area contributed by atoms with Crippen molar-refractivity contribution in [3.05, 3.63) is 56.6 Å². The molecule has 0 saturated carbocycles. The van der Waals surface area contributed by atoms with E-state index in [2.05, 4.69) is 5.32 Å². The molecule has 0 saturated heterocycles. The van der Waals surface area contributed by atoms with Crippen LogP contribution < -0.4 is 14.8 Å². The van der Waals surface area contributed by atoms with Crippen molar-refractivity contribution in [2.75, 3.05) is 19.0 Å². The predicted octanol–water partition coefficient (Wildman–Crippen LogP) is 3.93. The van der Waals surface area contributed by atoms with Gasteiger partial charge in [-0.3, -0.25) is 14.9 Å². The fourth-order valence-electron chi connectivity index (χ4n) is 1.81. The van der Waals surface area contributed by atoms with Crippen LogP contribution in [0.5, 0.6) is 11.5 Å². The number of hydrogen-bond donors (Lipinski definition) is 1. The Bertz CT molecular complexity index is 782. The minimum absolute atomic E-state index is 0.170. The maximum Gasteiger partial charge on any atom is 0.271 e. The van der Waals surface area contributed by atoms with Gasteiger partial charge in [-0.25, -0.2) is 0 Å². The number of carbonyl (C=O) groups is 1. The highest BCUT2D eigenvalue weighted by molar-refractivity contribution is 6.42. The minimum Gasteiger partial charge on any atom is -0.495 e. The number of carbonyl (C=O) groups excluding carboxylic acids is 1. The summed E-state index contributed by atoms with van der Waals surface area (Å²) in [6, 6.07) is 8.46. The lowest BCUT2D eigenvalue weighted by molar-refractivity contribution is -0.384. The van der Waals surface area contributed by atoms with Gasteiger partial charge >= 0.3 is 0 Å². The van der Waals surface area contributed by atoms with Crippen molar-refractivity contribution in [3.8, 4) is 11.5 Å². The van der Waals surface area contributed by atoms with Crippen LogP contribution in [-0.4, -0.2) is 24.5 Å². The second kappa shape index (κ2) is 7.85. The molecule has 2 aromatic carbocycles. The standard InChI is InChI=1S/C15H12Cl2N2O5/c1-23-14-5-2-9(19(21)22)6-13(14)18-15(20)8-24-10-3-4-11(16)12(17)7-10/h2-7H,8H2,1H3,(H,18,20). The summed E-state index contributed by atoms with van der Waals surface area (Å²) in [6.07, 6.45) is 0. The van der Waals surface area contributed by atoms with E-state index in [0.29, 0.717) is 21.5 Å². The molecule has 9 heteroatoms. The van der Waals surface area contributed by atoms with Crippen LogP contribution in [0.1, 0.15) is 0 Å². The Morgan fingerprint density at radius 2 is 1.96 bits per heavy atom. The summed E-state index contributed by atoms with van der Waals surface area (Å²) >= 11 is 11.6. The molecule has 2 rings (SSSR count). The Morgan fingerprint density at radius 1 is 1.21 bits per heavy atom. The third-order valence-electron chi connectivity index (χ3n) is 2.93. The summed E-state index contributed by atoms with van der Waals surface area (Å²) in [6.45, 7) is -0.316. The zero-order valence-corrected chi connectivity index (χ0v) is 13.9. The zero-order chi connectivity index (χ0) is 17.7. The monoisotopic (exact) mass is 370 g/mol. The number of nitrogens with zero attached hydrogens (tertiary/aromatic N) is 1. The third-order valence-corrected chi connectivity index (χ3v) is 3.67. The highest BCUT2D eigenvalue weighted by Crippen LogP contribution is 2.29. The van der Waals surface area contributed by atoms with Gasteiger partial charge in [0.05, 0.1) is 27.8 Å². The first-order valence-corrected chi connectivity index (χ1v) is 7.36. The molecule has 0 unspecified atom stereocenters. The Kier molecular flexibility index (Phi) is 5.83. The van der Waals surface area contributed by atoms with Gasteiger partial charge in [0.25, 0.3) is 11.6 Å². The lowest BCUT2D eigenvalue weighted by atomic mass is 10.2. The number of nitro benzene ring substituents is 1. The molecule has 126 valence electrons. The van der Waals surface area contributed by atoms with E-state index >= 15 is 0 Å². The van der Waals surface area contributed by atoms with Crippen molar-refractivity contribution < 1.29 is 19.2 Å². The topological polar surface area (TPSA) is 90.7 Å². The molecule has 2 aromatic rings. The first-order valence-electron chi connectivity index (χ1n) is 6.61. The van der Waals surface area contributed by atoms with E-state index in [4.69, 9.17) is 32.7 Å². The smallest absolute Gasteiger partial charge is 0.271 e. The van der Waals surface area contributed by atoms with E-state index in [-0.39, 0.29) is 18.0 Å². The van der Waals surface area contributed by atoms with Crippen LogP contribution in [0, 0.1) is 10.1 Å². The number of nitro groups is 1. The van der Waals surface area contributed by atoms with E-state index in [9.17, 15) is 14.9 Å². The average Bonchev–Trinajstić information content (AvgIpc) is 2.55. The largest absolute Gasteiger partial charge is 0.495 e. The number of hydrogen-bond acceptors (Lipinski definition) is 5. The zero-order valence-electron chi connectivity index (χ0n) is 12.4. The van der Waals surface area contributed by atoms with Crippen LogP contribution in [0.3, 0.4) is 0 Å². The SMILES string of the molecule is COc1ccc([N+](=O)[O-])cc1NC(=O)COc1ccc(Cl)c(Cl)c1. The van der Waals surface area contributed by atoms with E-state index in [0.717, 1.165) is 0 Å². The van der Waals surface area contributed by atoms with Gasteiger partial charge in [0.1, 0.15) is 11.5 Å². The van der Waals surface area contributed by atoms with Crippen LogP contribution in [0.15, 0.2) is 36.4 Å². The lowest BCUT2D eigenvalue weighted by Gasteiger charge is -2.11. The van der Waals surface area contributed by atoms with Crippen LogP contribution in [0.4, 0.5) is 11.4 Å². The van der Waals surface area contributed by atoms with Crippen LogP contribution in [0.25, 0.3) is 0 Å². The molecule has 1 amide bonds. The Balaban J connectivity index is 2.04. The summed E-state index contributed by atoms with van der Waals surface area (Å²) in [5.41, 5.74) is 0.00550. The van der Waals surface area contributed by atoms with E-state index in [1.54, 1.807) is 12.1 Å². The van der Waals surface area contributed by atoms with Gasteiger partial charge in [0.2, 0.25) is 0 Å². The summed E-state index contributed by atoms with van der Waals surface area (Å²) in [7, 11) is 1.39. The predicted molar refractivity (Wildman–Crippen MR) is 90.2 cm³/mol. The molecule has 0 fully saturated rings. The quantitative estimate of drug-likeness (QED) is 0.614. The van der Waals surface area contributed by atoms with Crippen molar-refractivity contribution in [1.82, 2.24) is 0 Å². The fourth-order valence-corrected chi connectivity index (χ4v) is 2.10. The molecule has 0 aromatic heterocycles. The van der Waals surface area contributed by atoms with Gasteiger partial charge in [-0.2, -0.15) is 0 Å². The van der Waals surface area contributed by atoms with Gasteiger partial charge in [0.15, 0.2) is 6.61 Å². The maximum atomic E-state index is 12.0. The Hall–Kier alpha value is -2.51. The molecule has 0 aliphatic carbocycles. The number of benzene rings is 2. The number of non-ortho nitro benzene ring substituents is 1. The minimum atomic E-state index is -0.568. The van der Waals surface area contributed by atoms with Gasteiger partial charge in [0, 0.05) is 18.2 Å². The molecule has 7 nitrogen and oxygen atoms in total. The van der Waals surface area contributed by atoms with Crippen LogP contribution in [-0.2, 0) is 4.79 Å². The molecule has 0 spiro atoms. The number of halogens is 2. The van der Waals surface area contributed by atoms with Crippen molar-refractivity contribution in [2.45, 2.75) is 0 Å². The number of rotatable bonds is 6. The van der Waals surface area contributed by atoms with Crippen molar-refractivity contribution in [3.63, 3.8) is 0 Å². The number of amides is 1. The molecule has 24 heavy (non-hydrogen) atoms. The molecular formula is C15H12Cl2N2O5. The number of ether oxygens (including phenoxy) is 2. The first kappa shape index (κ1) is 17.8. The van der Waals surface area contributed by atoms with E-state index in [1.165, 1.54) is 31.4 Å². The molecule has 0 heterocycles. The molecule has 0 bridgehead atoms. The summed E-state index contributed by atoms with van der Waals surface area (Å²) < 4.78 is 10.4. The molecular weight excluding hydrogens is 359 g/mol. The van der Waals surface area contributed by atoms with Gasteiger partial charge in [-0.1, -0.05) is 23.2 Å². The van der Waals surface area contributed by atoms with E-state index < -0.39 is 10.8 Å². The van der Waals surface area contributed by atoms with Crippen LogP contribution in [0.2, 0.25) is 10.0 Å². The average molecular weight is 371 g/mol. The Labute approximate surface area is 147 Å². The van der Waals surface area contributed by atoms with E-state index in [1.807, 2.05) is 0 Å². The second-order valence-corrected chi connectivity index (χ2v) is 5.37. The molecule has 1 N–H and O–H groups in total. The van der Waals surface area contributed by atoms with Crippen LogP contribution >= 0.6 is 23.2 Å². The first-order chi connectivity index (χ1) is 11.4. The normalized spacial score (nSPS) is 10.1. The van der Waals surface area contributed by atoms with Crippen molar-refractivity contribution >= 4 is 40.5 Å². The van der Waals surface area contributed by atoms with Crippen molar-refractivity contribution in [2.24, 2.45) is 0 Å². The Morgan fingerprint density at radius 3 is 2.58 bits per heavy atom. The lowest BCUT2D eigenvalue weighted by Crippen LogP contribution is -2.20. The second-order valence-electron chi connectivity index (χ2n) is 4.55. The fraction of sp³-hybridized carbons (Fsp3) is 0.133. The van der Waals surface area contributed by atoms with Gasteiger partial charge in [-0.15, -0.1) is 0 Å². The number of methoxy groups -OCH3 is 1. The highest BCUT2D eigenvalue weighted by Gasteiger charge is 2.14. The summed E-state index contributed by atoms with van der Waals surface area (Å²) in [5.74, 6) is 0.147. The molecule has 0 aliphatic heterocycles. The number of anilines is 1. The summed E-state index contributed by atoms with van der Waals surface area (Å²) in [4.78, 5) is 22.2. The maximum absolute atomic E-state index is 12.0. The number of nitrogens with one attached hydrogen (secondary N) is 1. The molecule has 0 aliphatic rings. The molecule has 0 atom stereocenters. The van der Waals surface area contributed by atoms with Crippen molar-refractivity contribution in [1.29, 1.82) is 0 Å². The third kappa shape index (κ3) is 4.50. The summed E-state index contributed by atoms with van der Waals surface area (Å²) in [5, 5.41) is 14.0. The highest BCUT2D eigenvalue weighted by atomic mass is 35.5. The van der Waals surface area contributed by atoms with Gasteiger partial charge < -0.3 is 14.8 Å².